The first-order chi connectivity index (χ1) is 32.2. The molecule has 0 N–H and O–H groups in total. The highest BCUT2D eigenvalue weighted by atomic mass is 14.3. The Labute approximate surface area is 401 Å². The second-order valence-electron chi connectivity index (χ2n) is 24.6. The monoisotopic (exact) mass is 876 g/mol. The summed E-state index contributed by atoms with van der Waals surface area (Å²) in [4.78, 5) is 0. The maximum absolute atomic E-state index is 2.61. The van der Waals surface area contributed by atoms with E-state index in [9.17, 15) is 0 Å². The van der Waals surface area contributed by atoms with E-state index in [1.807, 2.05) is 0 Å². The molecular weight excluding hydrogens is 817 g/mol. The van der Waals surface area contributed by atoms with Crippen LogP contribution in [0.4, 0.5) is 0 Å². The van der Waals surface area contributed by atoms with Gasteiger partial charge in [-0.3, -0.25) is 0 Å². The van der Waals surface area contributed by atoms with Crippen molar-refractivity contribution in [3.8, 4) is 44.5 Å². The highest BCUT2D eigenvalue weighted by molar-refractivity contribution is 6.44. The summed E-state index contributed by atoms with van der Waals surface area (Å²) in [6.07, 6.45) is 0. The zero-order valence-electron chi connectivity index (χ0n) is 41.9. The normalized spacial score (nSPS) is 13.6. The molecule has 1 aliphatic rings. The van der Waals surface area contributed by atoms with Crippen molar-refractivity contribution >= 4 is 86.2 Å². The van der Waals surface area contributed by atoms with Gasteiger partial charge in [-0.05, 0) is 199 Å². The van der Waals surface area contributed by atoms with E-state index in [1.54, 1.807) is 0 Å². The molecule has 12 aromatic carbocycles. The first kappa shape index (κ1) is 41.4. The molecule has 0 amide bonds. The van der Waals surface area contributed by atoms with Crippen LogP contribution in [0.1, 0.15) is 105 Å². The Balaban J connectivity index is 1.31. The van der Waals surface area contributed by atoms with Gasteiger partial charge in [0.25, 0.3) is 0 Å². The molecule has 0 unspecified atom stereocenters. The Morgan fingerprint density at radius 3 is 1.00 bits per heavy atom. The molecule has 13 rings (SSSR count). The fraction of sp³-hybridized carbons (Fsp3) is 0.235. The molecular formula is C68H60. The summed E-state index contributed by atoms with van der Waals surface area (Å²) in [6, 6.07) is 57.8. The highest BCUT2D eigenvalue weighted by Crippen LogP contribution is 2.58. The van der Waals surface area contributed by atoms with E-state index >= 15 is 0 Å². The third kappa shape index (κ3) is 5.79. The Morgan fingerprint density at radius 1 is 0.235 bits per heavy atom. The molecule has 68 heavy (non-hydrogen) atoms. The minimum atomic E-state index is -0.0505. The predicted molar refractivity (Wildman–Crippen MR) is 299 cm³/mol. The average Bonchev–Trinajstić information content (AvgIpc) is 3.91. The standard InChI is InChI=1S/C68H60/c1-65(2,3)42-27-40(28-43(33-42)66(4,5)6)59-56-35-54-46-21-15-19-37-20-16-22-47(58(37)46)55(54)36-57(56)60(41-29-44(67(7,8)9)34-45(30-41)68(10,11)12)64-51-26-24-49-53-32-39-18-14-13-17-38(39)31-52(53)48-23-25-50(63(59)64)62(51)61(48)49/h13-36H,1-12H3. The van der Waals surface area contributed by atoms with E-state index in [0.717, 1.165) is 0 Å². The van der Waals surface area contributed by atoms with E-state index in [4.69, 9.17) is 0 Å². The van der Waals surface area contributed by atoms with Crippen molar-refractivity contribution in [2.24, 2.45) is 0 Å². The summed E-state index contributed by atoms with van der Waals surface area (Å²) in [6.45, 7) is 28.5. The third-order valence-corrected chi connectivity index (χ3v) is 16.0. The Morgan fingerprint density at radius 2 is 0.618 bits per heavy atom. The first-order valence-electron chi connectivity index (χ1n) is 24.9. The van der Waals surface area contributed by atoms with Gasteiger partial charge in [-0.15, -0.1) is 0 Å². The van der Waals surface area contributed by atoms with Gasteiger partial charge in [0.15, 0.2) is 0 Å². The van der Waals surface area contributed by atoms with E-state index < -0.39 is 0 Å². The molecule has 0 radical (unpaired) electrons. The molecule has 0 heterocycles. The first-order valence-corrected chi connectivity index (χ1v) is 24.9. The van der Waals surface area contributed by atoms with Gasteiger partial charge in [-0.1, -0.05) is 204 Å². The van der Waals surface area contributed by atoms with Crippen molar-refractivity contribution in [2.75, 3.05) is 0 Å². The SMILES string of the molecule is CC(C)(C)c1cc(-c2c3cc4c(cc3c(-c3cc(C(C)(C)C)cc(C(C)(C)C)c3)c3c5ccc6c7c(ccc(c23)c75)-c2cc3ccccc3cc2-6)c2cccc3cccc4c32)cc(C(C)(C)C)c1. The largest absolute Gasteiger partial charge is 0.0616 e. The van der Waals surface area contributed by atoms with Crippen molar-refractivity contribution in [3.63, 3.8) is 0 Å². The zero-order valence-corrected chi connectivity index (χ0v) is 41.9. The van der Waals surface area contributed by atoms with Gasteiger partial charge in [0.1, 0.15) is 0 Å². The van der Waals surface area contributed by atoms with Gasteiger partial charge in [0.05, 0.1) is 0 Å². The average molecular weight is 877 g/mol. The molecule has 1 aliphatic carbocycles. The highest BCUT2D eigenvalue weighted by Gasteiger charge is 2.32. The number of fused-ring (bicyclic) bond motifs is 11. The van der Waals surface area contributed by atoms with Crippen LogP contribution in [0.5, 0.6) is 0 Å². The van der Waals surface area contributed by atoms with Gasteiger partial charge in [-0.2, -0.15) is 0 Å². The Kier molecular flexibility index (Phi) is 8.21. The lowest BCUT2D eigenvalue weighted by Crippen LogP contribution is -2.16. The maximum atomic E-state index is 2.61. The molecule has 0 heteroatoms. The fourth-order valence-electron chi connectivity index (χ4n) is 12.2. The summed E-state index contributed by atoms with van der Waals surface area (Å²) in [5.41, 5.74) is 16.0. The van der Waals surface area contributed by atoms with Crippen LogP contribution in [0.25, 0.3) is 131 Å². The van der Waals surface area contributed by atoms with Crippen LogP contribution in [0.2, 0.25) is 0 Å². The lowest BCUT2D eigenvalue weighted by Gasteiger charge is -2.28. The molecule has 0 nitrogen and oxygen atoms in total. The van der Waals surface area contributed by atoms with Gasteiger partial charge in [0, 0.05) is 0 Å². The molecule has 0 fully saturated rings. The van der Waals surface area contributed by atoms with Gasteiger partial charge in [-0.25, -0.2) is 0 Å². The summed E-state index contributed by atoms with van der Waals surface area (Å²) in [7, 11) is 0. The summed E-state index contributed by atoms with van der Waals surface area (Å²) in [5, 5.41) is 21.4. The van der Waals surface area contributed by atoms with Crippen molar-refractivity contribution in [3.05, 3.63) is 168 Å². The fourth-order valence-corrected chi connectivity index (χ4v) is 12.2. The topological polar surface area (TPSA) is 0 Å². The molecule has 0 aliphatic heterocycles. The minimum Gasteiger partial charge on any atom is -0.0616 e. The lowest BCUT2D eigenvalue weighted by atomic mass is 9.76. The molecule has 0 spiro atoms. The van der Waals surface area contributed by atoms with Gasteiger partial charge < -0.3 is 0 Å². The maximum Gasteiger partial charge on any atom is -0.000740 e. The predicted octanol–water partition coefficient (Wildman–Crippen LogP) is 20.0. The van der Waals surface area contributed by atoms with Crippen molar-refractivity contribution in [1.82, 2.24) is 0 Å². The Bertz CT molecular complexity index is 3820. The van der Waals surface area contributed by atoms with Crippen LogP contribution in [-0.2, 0) is 21.7 Å². The number of benzene rings is 10. The quantitative estimate of drug-likeness (QED) is 0.162. The number of hydrogen-bond donors (Lipinski definition) is 0. The number of hydrogen-bond acceptors (Lipinski definition) is 0. The second-order valence-corrected chi connectivity index (χ2v) is 24.6. The van der Waals surface area contributed by atoms with Gasteiger partial charge >= 0.3 is 0 Å². The van der Waals surface area contributed by atoms with Crippen LogP contribution < -0.4 is 0 Å². The summed E-state index contributed by atoms with van der Waals surface area (Å²) in [5.74, 6) is 0. The molecule has 0 saturated heterocycles. The van der Waals surface area contributed by atoms with Crippen molar-refractivity contribution < 1.29 is 0 Å². The van der Waals surface area contributed by atoms with Crippen LogP contribution in [0, 0.1) is 0 Å². The summed E-state index contributed by atoms with van der Waals surface area (Å²) >= 11 is 0. The Hall–Kier alpha value is -6.76. The van der Waals surface area contributed by atoms with E-state index in [-0.39, 0.29) is 21.7 Å². The van der Waals surface area contributed by atoms with E-state index in [0.29, 0.717) is 0 Å². The molecule has 0 atom stereocenters. The van der Waals surface area contributed by atoms with Crippen LogP contribution in [-0.4, -0.2) is 0 Å². The molecule has 0 bridgehead atoms. The molecule has 332 valence electrons. The van der Waals surface area contributed by atoms with E-state index in [2.05, 4.69) is 229 Å². The van der Waals surface area contributed by atoms with Crippen LogP contribution in [0.3, 0.4) is 0 Å². The third-order valence-electron chi connectivity index (χ3n) is 16.0. The summed E-state index contributed by atoms with van der Waals surface area (Å²) < 4.78 is 0. The van der Waals surface area contributed by atoms with Crippen molar-refractivity contribution in [1.29, 1.82) is 0 Å². The molecule has 0 aromatic heterocycles. The molecule has 0 saturated carbocycles. The van der Waals surface area contributed by atoms with Gasteiger partial charge in [0.2, 0.25) is 0 Å². The number of rotatable bonds is 2. The van der Waals surface area contributed by atoms with Crippen LogP contribution >= 0.6 is 0 Å². The van der Waals surface area contributed by atoms with Crippen LogP contribution in [0.15, 0.2) is 146 Å². The zero-order chi connectivity index (χ0) is 47.1. The minimum absolute atomic E-state index is 0.0505. The van der Waals surface area contributed by atoms with Crippen molar-refractivity contribution in [2.45, 2.75) is 105 Å². The lowest BCUT2D eigenvalue weighted by molar-refractivity contribution is 0.568. The van der Waals surface area contributed by atoms with E-state index in [1.165, 1.54) is 153 Å². The smallest absolute Gasteiger partial charge is 0.000740 e. The molecule has 12 aromatic rings. The second kappa shape index (κ2) is 13.5.